The topological polar surface area (TPSA) is 58.1 Å². The van der Waals surface area contributed by atoms with Crippen LogP contribution >= 0.6 is 0 Å². The minimum atomic E-state index is -4.63. The molecule has 0 bridgehead atoms. The molecule has 1 aliphatic rings. The van der Waals surface area contributed by atoms with Crippen molar-refractivity contribution in [1.82, 2.24) is 14.9 Å². The number of carbonyl (C=O) groups excluding carboxylic acids is 1. The summed E-state index contributed by atoms with van der Waals surface area (Å²) in [7, 11) is 0. The van der Waals surface area contributed by atoms with E-state index in [1.165, 1.54) is 23.2 Å². The van der Waals surface area contributed by atoms with Gasteiger partial charge in [-0.05, 0) is 18.6 Å². The van der Waals surface area contributed by atoms with Crippen LogP contribution in [0, 0.1) is 11.6 Å². The summed E-state index contributed by atoms with van der Waals surface area (Å²) in [6, 6.07) is 6.27. The van der Waals surface area contributed by atoms with Gasteiger partial charge in [-0.2, -0.15) is 13.2 Å². The fourth-order valence-corrected chi connectivity index (χ4v) is 3.44. The van der Waals surface area contributed by atoms with Gasteiger partial charge in [0.2, 0.25) is 0 Å². The Labute approximate surface area is 167 Å². The summed E-state index contributed by atoms with van der Waals surface area (Å²) in [6.07, 6.45) is -2.79. The maximum atomic E-state index is 13.4. The monoisotopic (exact) mass is 422 g/mol. The van der Waals surface area contributed by atoms with E-state index in [0.29, 0.717) is 12.2 Å². The standard InChI is InChI=1S/C20H15F5N4O/c21-14-7-16-17(8-15(14)22)28-18(9-26-16)27-11-5-6-29(10-11)19(30)12-3-1-2-4-13(12)20(23,24)25/h1-4,7-9,11H,5-6,10H2,(H,27,28). The van der Waals surface area contributed by atoms with Gasteiger partial charge in [-0.25, -0.2) is 13.8 Å². The molecule has 1 amide bonds. The lowest BCUT2D eigenvalue weighted by molar-refractivity contribution is -0.138. The zero-order chi connectivity index (χ0) is 21.5. The molecular weight excluding hydrogens is 407 g/mol. The molecule has 2 aromatic carbocycles. The molecule has 30 heavy (non-hydrogen) atoms. The minimum absolute atomic E-state index is 0.156. The Morgan fingerprint density at radius 1 is 1.10 bits per heavy atom. The SMILES string of the molecule is O=C(c1ccccc1C(F)(F)F)N1CCC(Nc2cnc3cc(F)c(F)cc3n2)C1. The summed E-state index contributed by atoms with van der Waals surface area (Å²) in [5, 5.41) is 3.04. The van der Waals surface area contributed by atoms with Crippen LogP contribution < -0.4 is 5.32 Å². The van der Waals surface area contributed by atoms with Crippen molar-refractivity contribution in [2.75, 3.05) is 18.4 Å². The molecule has 0 aliphatic carbocycles. The molecule has 5 nitrogen and oxygen atoms in total. The van der Waals surface area contributed by atoms with Crippen molar-refractivity contribution in [3.63, 3.8) is 0 Å². The molecule has 1 aliphatic heterocycles. The molecule has 3 aromatic rings. The van der Waals surface area contributed by atoms with Gasteiger partial charge in [0, 0.05) is 31.3 Å². The first-order chi connectivity index (χ1) is 14.2. The normalized spacial score (nSPS) is 16.8. The number of carbonyl (C=O) groups is 1. The largest absolute Gasteiger partial charge is 0.417 e. The van der Waals surface area contributed by atoms with E-state index < -0.39 is 34.8 Å². The lowest BCUT2D eigenvalue weighted by Crippen LogP contribution is -2.33. The second-order valence-corrected chi connectivity index (χ2v) is 6.93. The number of hydrogen-bond acceptors (Lipinski definition) is 4. The molecule has 1 fully saturated rings. The van der Waals surface area contributed by atoms with Crippen LogP contribution in [-0.4, -0.2) is 39.9 Å². The van der Waals surface area contributed by atoms with Gasteiger partial charge in [-0.3, -0.25) is 9.78 Å². The quantitative estimate of drug-likeness (QED) is 0.641. The van der Waals surface area contributed by atoms with Gasteiger partial charge < -0.3 is 10.2 Å². The Morgan fingerprint density at radius 3 is 2.53 bits per heavy atom. The highest BCUT2D eigenvalue weighted by atomic mass is 19.4. The Hall–Kier alpha value is -3.30. The highest BCUT2D eigenvalue weighted by molar-refractivity contribution is 5.96. The molecule has 2 heterocycles. The Morgan fingerprint density at radius 2 is 1.80 bits per heavy atom. The molecule has 0 radical (unpaired) electrons. The molecule has 0 saturated carbocycles. The van der Waals surface area contributed by atoms with Crippen LogP contribution in [0.25, 0.3) is 11.0 Å². The average molecular weight is 422 g/mol. The van der Waals surface area contributed by atoms with Crippen molar-refractivity contribution in [1.29, 1.82) is 0 Å². The number of aromatic nitrogens is 2. The van der Waals surface area contributed by atoms with Gasteiger partial charge in [0.25, 0.3) is 5.91 Å². The zero-order valence-electron chi connectivity index (χ0n) is 15.4. The summed E-state index contributed by atoms with van der Waals surface area (Å²) in [5.74, 6) is -2.48. The molecule has 4 rings (SSSR count). The Balaban J connectivity index is 1.48. The smallest absolute Gasteiger partial charge is 0.364 e. The number of anilines is 1. The molecule has 156 valence electrons. The van der Waals surface area contributed by atoms with E-state index in [1.54, 1.807) is 0 Å². The predicted molar refractivity (Wildman–Crippen MR) is 98.8 cm³/mol. The number of rotatable bonds is 3. The third-order valence-corrected chi connectivity index (χ3v) is 4.87. The number of halogens is 5. The molecule has 10 heteroatoms. The minimum Gasteiger partial charge on any atom is -0.364 e. The molecule has 1 N–H and O–H groups in total. The van der Waals surface area contributed by atoms with Crippen LogP contribution in [-0.2, 0) is 6.18 Å². The zero-order valence-corrected chi connectivity index (χ0v) is 15.4. The van der Waals surface area contributed by atoms with Crippen LogP contribution in [0.15, 0.2) is 42.6 Å². The first kappa shape index (κ1) is 20.0. The van der Waals surface area contributed by atoms with Crippen LogP contribution in [0.5, 0.6) is 0 Å². The Bertz CT molecular complexity index is 1120. The maximum absolute atomic E-state index is 13.4. The van der Waals surface area contributed by atoms with Crippen molar-refractivity contribution in [3.05, 3.63) is 65.4 Å². The van der Waals surface area contributed by atoms with Crippen LogP contribution in [0.2, 0.25) is 0 Å². The predicted octanol–water partition coefficient (Wildman–Crippen LogP) is 4.25. The fourth-order valence-electron chi connectivity index (χ4n) is 3.44. The van der Waals surface area contributed by atoms with Gasteiger partial charge in [0.05, 0.1) is 28.4 Å². The van der Waals surface area contributed by atoms with E-state index in [0.717, 1.165) is 24.3 Å². The van der Waals surface area contributed by atoms with E-state index in [2.05, 4.69) is 15.3 Å². The van der Waals surface area contributed by atoms with E-state index in [-0.39, 0.29) is 30.2 Å². The number of fused-ring (bicyclic) bond motifs is 1. The summed E-state index contributed by atoms with van der Waals surface area (Å²) in [5.41, 5.74) is -1.02. The van der Waals surface area contributed by atoms with Crippen molar-refractivity contribution in [3.8, 4) is 0 Å². The van der Waals surface area contributed by atoms with Crippen LogP contribution in [0.3, 0.4) is 0 Å². The lowest BCUT2D eigenvalue weighted by Gasteiger charge is -2.20. The molecule has 0 spiro atoms. The van der Waals surface area contributed by atoms with Crippen molar-refractivity contribution < 1.29 is 26.7 Å². The van der Waals surface area contributed by atoms with Gasteiger partial charge in [0.1, 0.15) is 5.82 Å². The second kappa shape index (κ2) is 7.51. The Kier molecular flexibility index (Phi) is 5.00. The molecular formula is C20H15F5N4O. The average Bonchev–Trinajstić information content (AvgIpc) is 3.16. The molecule has 1 aromatic heterocycles. The summed E-state index contributed by atoms with van der Waals surface area (Å²) in [4.78, 5) is 22.2. The van der Waals surface area contributed by atoms with Crippen molar-refractivity contribution >= 4 is 22.8 Å². The molecule has 1 saturated heterocycles. The van der Waals surface area contributed by atoms with Crippen LogP contribution in [0.1, 0.15) is 22.3 Å². The molecule has 1 atom stereocenters. The van der Waals surface area contributed by atoms with Gasteiger partial charge in [-0.15, -0.1) is 0 Å². The third kappa shape index (κ3) is 3.89. The number of alkyl halides is 3. The second-order valence-electron chi connectivity index (χ2n) is 6.93. The number of likely N-dealkylation sites (tertiary alicyclic amines) is 1. The number of hydrogen-bond donors (Lipinski definition) is 1. The fraction of sp³-hybridized carbons (Fsp3) is 0.250. The van der Waals surface area contributed by atoms with E-state index in [1.807, 2.05) is 0 Å². The van der Waals surface area contributed by atoms with Crippen LogP contribution in [0.4, 0.5) is 27.8 Å². The summed E-state index contributed by atoms with van der Waals surface area (Å²) < 4.78 is 66.3. The van der Waals surface area contributed by atoms with Crippen molar-refractivity contribution in [2.24, 2.45) is 0 Å². The number of amides is 1. The molecule has 1 unspecified atom stereocenters. The van der Waals surface area contributed by atoms with Gasteiger partial charge >= 0.3 is 6.18 Å². The van der Waals surface area contributed by atoms with Crippen molar-refractivity contribution in [2.45, 2.75) is 18.6 Å². The van der Waals surface area contributed by atoms with E-state index >= 15 is 0 Å². The van der Waals surface area contributed by atoms with Gasteiger partial charge in [-0.1, -0.05) is 12.1 Å². The number of benzene rings is 2. The third-order valence-electron chi connectivity index (χ3n) is 4.87. The lowest BCUT2D eigenvalue weighted by atomic mass is 10.1. The first-order valence-corrected chi connectivity index (χ1v) is 9.06. The maximum Gasteiger partial charge on any atom is 0.417 e. The summed E-state index contributed by atoms with van der Waals surface area (Å²) >= 11 is 0. The van der Waals surface area contributed by atoms with E-state index in [4.69, 9.17) is 0 Å². The highest BCUT2D eigenvalue weighted by Crippen LogP contribution is 2.33. The highest BCUT2D eigenvalue weighted by Gasteiger charge is 2.37. The number of nitrogens with zero attached hydrogens (tertiary/aromatic N) is 3. The first-order valence-electron chi connectivity index (χ1n) is 9.06. The summed E-state index contributed by atoms with van der Waals surface area (Å²) in [6.45, 7) is 0.437. The van der Waals surface area contributed by atoms with Gasteiger partial charge in [0.15, 0.2) is 11.6 Å². The number of nitrogens with one attached hydrogen (secondary N) is 1. The van der Waals surface area contributed by atoms with E-state index in [9.17, 15) is 26.7 Å².